The van der Waals surface area contributed by atoms with Gasteiger partial charge < -0.3 is 14.8 Å². The van der Waals surface area contributed by atoms with Gasteiger partial charge in [0.25, 0.3) is 0 Å². The second-order valence-corrected chi connectivity index (χ2v) is 8.28. The van der Waals surface area contributed by atoms with Gasteiger partial charge >= 0.3 is 0 Å². The molecule has 0 saturated heterocycles. The van der Waals surface area contributed by atoms with Gasteiger partial charge in [0.2, 0.25) is 15.9 Å². The highest BCUT2D eigenvalue weighted by Gasteiger charge is 2.29. The number of rotatable bonds is 7. The van der Waals surface area contributed by atoms with E-state index in [-0.39, 0.29) is 18.9 Å². The minimum atomic E-state index is -3.41. The summed E-state index contributed by atoms with van der Waals surface area (Å²) in [6.45, 7) is 5.46. The summed E-state index contributed by atoms with van der Waals surface area (Å²) in [5.74, 6) is 0.776. The number of carbonyl (C=O) groups is 1. The van der Waals surface area contributed by atoms with Crippen LogP contribution in [-0.2, 0) is 14.8 Å². The van der Waals surface area contributed by atoms with Gasteiger partial charge in [-0.3, -0.25) is 4.79 Å². The standard InChI is InChI=1S/C16H26N2O5S/c1-16(2,3)18(24(6,20)21)10-9-15(19)17-13-11-12(22-4)7-8-14(13)23-5/h7-8,11H,9-10H2,1-6H3,(H,17,19). The van der Waals surface area contributed by atoms with E-state index in [1.54, 1.807) is 39.0 Å². The summed E-state index contributed by atoms with van der Waals surface area (Å²) < 4.78 is 35.4. The molecule has 0 aliphatic rings. The van der Waals surface area contributed by atoms with Crippen LogP contribution in [0.2, 0.25) is 0 Å². The van der Waals surface area contributed by atoms with E-state index < -0.39 is 15.6 Å². The van der Waals surface area contributed by atoms with Crippen LogP contribution >= 0.6 is 0 Å². The Hall–Kier alpha value is -1.80. The number of sulfonamides is 1. The fourth-order valence-electron chi connectivity index (χ4n) is 2.33. The van der Waals surface area contributed by atoms with E-state index in [9.17, 15) is 13.2 Å². The number of methoxy groups -OCH3 is 2. The van der Waals surface area contributed by atoms with Crippen molar-refractivity contribution in [2.45, 2.75) is 32.7 Å². The maximum absolute atomic E-state index is 12.2. The molecule has 8 heteroatoms. The quantitative estimate of drug-likeness (QED) is 0.807. The molecule has 24 heavy (non-hydrogen) atoms. The maximum atomic E-state index is 12.2. The zero-order chi connectivity index (χ0) is 18.5. The molecular formula is C16H26N2O5S. The Labute approximate surface area is 144 Å². The summed E-state index contributed by atoms with van der Waals surface area (Å²) in [5.41, 5.74) is -0.120. The molecule has 0 spiro atoms. The molecule has 0 aliphatic heterocycles. The minimum Gasteiger partial charge on any atom is -0.497 e. The minimum absolute atomic E-state index is 0.0324. The molecule has 1 aromatic rings. The van der Waals surface area contributed by atoms with Crippen LogP contribution in [0.25, 0.3) is 0 Å². The molecule has 0 atom stereocenters. The van der Waals surface area contributed by atoms with Crippen molar-refractivity contribution in [1.82, 2.24) is 4.31 Å². The third-order valence-corrected chi connectivity index (χ3v) is 4.90. The normalized spacial score (nSPS) is 12.1. The molecule has 0 bridgehead atoms. The van der Waals surface area contributed by atoms with Crippen LogP contribution < -0.4 is 14.8 Å². The lowest BCUT2D eigenvalue weighted by molar-refractivity contribution is -0.116. The average Bonchev–Trinajstić information content (AvgIpc) is 2.44. The van der Waals surface area contributed by atoms with Crippen molar-refractivity contribution in [3.63, 3.8) is 0 Å². The highest BCUT2D eigenvalue weighted by atomic mass is 32.2. The van der Waals surface area contributed by atoms with Gasteiger partial charge in [0.1, 0.15) is 11.5 Å². The summed E-state index contributed by atoms with van der Waals surface area (Å²) in [6.07, 6.45) is 1.17. The van der Waals surface area contributed by atoms with E-state index in [2.05, 4.69) is 5.32 Å². The van der Waals surface area contributed by atoms with E-state index in [0.29, 0.717) is 17.2 Å². The third-order valence-electron chi connectivity index (χ3n) is 3.37. The predicted octanol–water partition coefficient (Wildman–Crippen LogP) is 2.09. The second kappa shape index (κ2) is 7.85. The van der Waals surface area contributed by atoms with Crippen LogP contribution in [0, 0.1) is 0 Å². The molecule has 136 valence electrons. The smallest absolute Gasteiger partial charge is 0.225 e. The van der Waals surface area contributed by atoms with Gasteiger partial charge in [-0.25, -0.2) is 8.42 Å². The van der Waals surface area contributed by atoms with Gasteiger partial charge in [0.05, 0.1) is 26.2 Å². The summed E-state index contributed by atoms with van der Waals surface area (Å²) in [6, 6.07) is 5.06. The number of nitrogens with one attached hydrogen (secondary N) is 1. The lowest BCUT2D eigenvalue weighted by Gasteiger charge is -2.33. The molecule has 1 rings (SSSR count). The molecule has 0 saturated carbocycles. The Morgan fingerprint density at radius 3 is 2.29 bits per heavy atom. The second-order valence-electron chi connectivity index (χ2n) is 6.37. The van der Waals surface area contributed by atoms with Gasteiger partial charge in [-0.05, 0) is 32.9 Å². The van der Waals surface area contributed by atoms with Crippen LogP contribution in [0.4, 0.5) is 5.69 Å². The van der Waals surface area contributed by atoms with Gasteiger partial charge in [-0.1, -0.05) is 0 Å². The lowest BCUT2D eigenvalue weighted by atomic mass is 10.1. The van der Waals surface area contributed by atoms with Gasteiger partial charge in [0, 0.05) is 24.6 Å². The van der Waals surface area contributed by atoms with E-state index >= 15 is 0 Å². The SMILES string of the molecule is COc1ccc(OC)c(NC(=O)CCN(C(C)(C)C)S(C)(=O)=O)c1. The van der Waals surface area contributed by atoms with Crippen LogP contribution in [0.1, 0.15) is 27.2 Å². The average molecular weight is 358 g/mol. The fraction of sp³-hybridized carbons (Fsp3) is 0.562. The number of hydrogen-bond donors (Lipinski definition) is 1. The largest absolute Gasteiger partial charge is 0.497 e. The first-order chi connectivity index (χ1) is 11.0. The van der Waals surface area contributed by atoms with Crippen molar-refractivity contribution in [1.29, 1.82) is 0 Å². The predicted molar refractivity (Wildman–Crippen MR) is 94.1 cm³/mol. The van der Waals surface area contributed by atoms with Crippen LogP contribution in [0.5, 0.6) is 11.5 Å². The highest BCUT2D eigenvalue weighted by molar-refractivity contribution is 7.88. The molecule has 0 heterocycles. The summed E-state index contributed by atoms with van der Waals surface area (Å²) >= 11 is 0. The van der Waals surface area contributed by atoms with Crippen molar-refractivity contribution in [3.05, 3.63) is 18.2 Å². The van der Waals surface area contributed by atoms with Crippen molar-refractivity contribution in [3.8, 4) is 11.5 Å². The first-order valence-electron chi connectivity index (χ1n) is 7.48. The fourth-order valence-corrected chi connectivity index (χ4v) is 3.74. The Morgan fingerprint density at radius 1 is 1.21 bits per heavy atom. The number of amides is 1. The zero-order valence-electron chi connectivity index (χ0n) is 15.0. The molecule has 0 radical (unpaired) electrons. The van der Waals surface area contributed by atoms with E-state index in [0.717, 1.165) is 6.26 Å². The Kier molecular flexibility index (Phi) is 6.62. The Balaban J connectivity index is 2.83. The number of benzene rings is 1. The first-order valence-corrected chi connectivity index (χ1v) is 9.33. The number of hydrogen-bond acceptors (Lipinski definition) is 5. The molecule has 7 nitrogen and oxygen atoms in total. The molecule has 1 aromatic carbocycles. The third kappa shape index (κ3) is 5.68. The number of anilines is 1. The number of ether oxygens (including phenoxy) is 2. The molecule has 0 aliphatic carbocycles. The summed E-state index contributed by atoms with van der Waals surface area (Å²) in [7, 11) is -0.375. The van der Waals surface area contributed by atoms with Crippen molar-refractivity contribution >= 4 is 21.6 Å². The number of carbonyl (C=O) groups excluding carboxylic acids is 1. The lowest BCUT2D eigenvalue weighted by Crippen LogP contribution is -2.46. The Bertz CT molecular complexity index is 680. The molecule has 0 fully saturated rings. The highest BCUT2D eigenvalue weighted by Crippen LogP contribution is 2.29. The maximum Gasteiger partial charge on any atom is 0.225 e. The van der Waals surface area contributed by atoms with Gasteiger partial charge in [0.15, 0.2) is 0 Å². The molecule has 1 amide bonds. The molecule has 0 aromatic heterocycles. The van der Waals surface area contributed by atoms with Crippen molar-refractivity contribution in [2.75, 3.05) is 32.3 Å². The monoisotopic (exact) mass is 358 g/mol. The summed E-state index contributed by atoms with van der Waals surface area (Å²) in [5, 5.41) is 2.73. The summed E-state index contributed by atoms with van der Waals surface area (Å²) in [4.78, 5) is 12.2. The van der Waals surface area contributed by atoms with Crippen LogP contribution in [-0.4, -0.2) is 51.2 Å². The first kappa shape index (κ1) is 20.2. The van der Waals surface area contributed by atoms with Gasteiger partial charge in [-0.2, -0.15) is 4.31 Å². The molecule has 1 N–H and O–H groups in total. The van der Waals surface area contributed by atoms with E-state index in [1.165, 1.54) is 18.5 Å². The van der Waals surface area contributed by atoms with Crippen molar-refractivity contribution < 1.29 is 22.7 Å². The van der Waals surface area contributed by atoms with E-state index in [1.807, 2.05) is 0 Å². The Morgan fingerprint density at radius 2 is 1.83 bits per heavy atom. The number of nitrogens with zero attached hydrogens (tertiary/aromatic N) is 1. The van der Waals surface area contributed by atoms with E-state index in [4.69, 9.17) is 9.47 Å². The molecular weight excluding hydrogens is 332 g/mol. The van der Waals surface area contributed by atoms with Crippen molar-refractivity contribution in [2.24, 2.45) is 0 Å². The zero-order valence-corrected chi connectivity index (χ0v) is 15.9. The van der Waals surface area contributed by atoms with Crippen LogP contribution in [0.15, 0.2) is 18.2 Å². The van der Waals surface area contributed by atoms with Gasteiger partial charge in [-0.15, -0.1) is 0 Å². The van der Waals surface area contributed by atoms with Crippen LogP contribution in [0.3, 0.4) is 0 Å². The molecule has 0 unspecified atom stereocenters. The topological polar surface area (TPSA) is 84.9 Å².